The van der Waals surface area contributed by atoms with Gasteiger partial charge in [-0.3, -0.25) is 34.1 Å². The van der Waals surface area contributed by atoms with Crippen LogP contribution in [0.15, 0.2) is 146 Å². The molecule has 0 saturated heterocycles. The molecule has 0 unspecified atom stereocenters. The van der Waals surface area contributed by atoms with Crippen molar-refractivity contribution in [2.24, 2.45) is 5.73 Å². The highest BCUT2D eigenvalue weighted by molar-refractivity contribution is 6.32. The number of ether oxygens (including phenoxy) is 14. The molecule has 0 aliphatic carbocycles. The van der Waals surface area contributed by atoms with E-state index in [0.717, 1.165) is 11.6 Å². The van der Waals surface area contributed by atoms with Crippen molar-refractivity contribution < 1.29 is 105 Å². The molecule has 112 heavy (non-hydrogen) atoms. The minimum Gasteiger partial charge on any atom is -0.497 e. The lowest BCUT2D eigenvalue weighted by molar-refractivity contribution is -0.385. The Kier molecular flexibility index (Phi) is 26.2. The summed E-state index contributed by atoms with van der Waals surface area (Å²) in [6.07, 6.45) is -3.05. The molecule has 8 atom stereocenters. The SMILES string of the molecule is COCCOCOC[C@H]1NC(=O)[C@H]2NC(=O)[C@H](NC(=O)[C@@H]3NC(=O)[C@H](c4cc(OC)cc(Oc5cc([C@H](COCc6ccccc6)NC(=O)OC(C)(C)C)ccc5OC)c4)NC(=O)[C@H](N)Cc4ccc(c([N+](=O)[O-])c4)Oc4cc3cc(c4OC)Oc3ccc(cc3Cl)[C@H]2O)c2ccc(OC)c(c2)-c2c(OC)cc(OC)cc21. The van der Waals surface area contributed by atoms with Crippen molar-refractivity contribution in [2.45, 2.75) is 87.8 Å². The van der Waals surface area contributed by atoms with Gasteiger partial charge < -0.3 is 109 Å². The minimum atomic E-state index is -2.09. The lowest BCUT2D eigenvalue weighted by Gasteiger charge is -2.32. The van der Waals surface area contributed by atoms with Gasteiger partial charge in [0.1, 0.15) is 77.2 Å². The fourth-order valence-electron chi connectivity index (χ4n) is 12.8. The van der Waals surface area contributed by atoms with E-state index in [-0.39, 0.29) is 159 Å². The smallest absolute Gasteiger partial charge is 0.408 e. The Balaban J connectivity index is 1.09. The van der Waals surface area contributed by atoms with E-state index in [1.165, 1.54) is 129 Å². The first-order valence-electron chi connectivity index (χ1n) is 35.2. The van der Waals surface area contributed by atoms with Crippen LogP contribution in [-0.2, 0) is 60.7 Å². The highest BCUT2D eigenvalue weighted by Crippen LogP contribution is 2.49. The Morgan fingerprint density at radius 1 is 0.607 bits per heavy atom. The van der Waals surface area contributed by atoms with E-state index in [4.69, 9.17) is 83.7 Å². The summed E-state index contributed by atoms with van der Waals surface area (Å²) in [5, 5.41) is 42.5. The summed E-state index contributed by atoms with van der Waals surface area (Å²) in [6, 6.07) is 25.1. The molecule has 13 rings (SSSR count). The third-order valence-electron chi connectivity index (χ3n) is 18.2. The first kappa shape index (κ1) is 81.0. The molecular weight excluding hydrogens is 1480 g/mol. The van der Waals surface area contributed by atoms with Crippen molar-refractivity contribution in [3.8, 4) is 80.1 Å². The zero-order valence-electron chi connectivity index (χ0n) is 62.8. The van der Waals surface area contributed by atoms with Crippen molar-refractivity contribution >= 4 is 52.9 Å². The maximum absolute atomic E-state index is 16.4. The van der Waals surface area contributed by atoms with Crippen molar-refractivity contribution in [3.63, 3.8) is 0 Å². The van der Waals surface area contributed by atoms with Gasteiger partial charge >= 0.3 is 11.8 Å². The van der Waals surface area contributed by atoms with E-state index in [1.807, 2.05) is 30.3 Å². The number of carbonyl (C=O) groups excluding carboxylic acids is 6. The van der Waals surface area contributed by atoms with Gasteiger partial charge in [0.05, 0.1) is 104 Å². The molecule has 5 aliphatic rings. The summed E-state index contributed by atoms with van der Waals surface area (Å²) in [5.41, 5.74) is 7.23. The molecule has 8 aromatic carbocycles. The Labute approximate surface area is 648 Å². The average Bonchev–Trinajstić information content (AvgIpc) is 0.761. The molecule has 11 bridgehead atoms. The number of fused-ring (bicyclic) bond motifs is 15. The zero-order valence-corrected chi connectivity index (χ0v) is 63.5. The van der Waals surface area contributed by atoms with Crippen molar-refractivity contribution in [1.29, 1.82) is 0 Å². The molecule has 0 saturated carbocycles. The van der Waals surface area contributed by atoms with E-state index in [0.29, 0.717) is 11.1 Å². The highest BCUT2D eigenvalue weighted by Gasteiger charge is 2.41. The van der Waals surface area contributed by atoms with Crippen LogP contribution in [0.4, 0.5) is 10.5 Å². The second-order valence-corrected chi connectivity index (χ2v) is 27.3. The molecular formula is C80H85ClN8O23. The number of halogens is 1. The minimum absolute atomic E-state index is 0.00189. The predicted molar refractivity (Wildman–Crippen MR) is 404 cm³/mol. The molecule has 9 N–H and O–H groups in total. The topological polar surface area (TPSA) is 393 Å². The van der Waals surface area contributed by atoms with Crippen LogP contribution in [0.5, 0.6) is 69.0 Å². The third-order valence-corrected chi connectivity index (χ3v) is 18.5. The third kappa shape index (κ3) is 19.2. The number of hydrogen-bond acceptors (Lipinski definition) is 24. The Morgan fingerprint density at radius 3 is 1.90 bits per heavy atom. The van der Waals surface area contributed by atoms with Gasteiger partial charge in [-0.1, -0.05) is 66.2 Å². The number of methoxy groups -OCH3 is 7. The normalized spacial score (nSPS) is 18.6. The molecule has 0 spiro atoms. The van der Waals surface area contributed by atoms with Gasteiger partial charge in [0.25, 0.3) is 0 Å². The fourth-order valence-corrected chi connectivity index (χ4v) is 13.0. The van der Waals surface area contributed by atoms with Crippen LogP contribution in [0.25, 0.3) is 11.1 Å². The summed E-state index contributed by atoms with van der Waals surface area (Å²) in [4.78, 5) is 105. The molecule has 31 nitrogen and oxygen atoms in total. The second-order valence-electron chi connectivity index (χ2n) is 26.9. The van der Waals surface area contributed by atoms with E-state index >= 15 is 19.2 Å². The summed E-state index contributed by atoms with van der Waals surface area (Å²) in [5.74, 6) is -5.95. The van der Waals surface area contributed by atoms with Gasteiger partial charge in [0, 0.05) is 36.4 Å². The van der Waals surface area contributed by atoms with E-state index in [1.54, 1.807) is 51.1 Å². The molecule has 5 aliphatic heterocycles. The van der Waals surface area contributed by atoms with Crippen LogP contribution in [-0.4, -0.2) is 146 Å². The van der Waals surface area contributed by atoms with Crippen molar-refractivity contribution in [2.75, 3.05) is 83.0 Å². The van der Waals surface area contributed by atoms with Gasteiger partial charge in [0.2, 0.25) is 41.0 Å². The second kappa shape index (κ2) is 36.2. The number of nitrogens with zero attached hydrogens (tertiary/aromatic N) is 1. The number of benzene rings is 8. The lowest BCUT2D eigenvalue weighted by Crippen LogP contribution is -2.55. The van der Waals surface area contributed by atoms with Crippen LogP contribution in [0.1, 0.15) is 102 Å². The number of aliphatic hydroxyl groups excluding tert-OH is 1. The van der Waals surface area contributed by atoms with E-state index in [2.05, 4.69) is 31.9 Å². The first-order valence-corrected chi connectivity index (χ1v) is 35.5. The summed E-state index contributed by atoms with van der Waals surface area (Å²) < 4.78 is 83.9. The van der Waals surface area contributed by atoms with Crippen LogP contribution >= 0.6 is 11.6 Å². The van der Waals surface area contributed by atoms with Crippen LogP contribution < -0.4 is 80.3 Å². The number of nitrogens with two attached hydrogens (primary N) is 1. The van der Waals surface area contributed by atoms with Crippen LogP contribution in [0.2, 0.25) is 5.02 Å². The Hall–Kier alpha value is -12.0. The molecule has 32 heteroatoms. The van der Waals surface area contributed by atoms with Gasteiger partial charge in [-0.2, -0.15) is 0 Å². The summed E-state index contributed by atoms with van der Waals surface area (Å²) in [7, 11) is 9.70. The Bertz CT molecular complexity index is 4810. The van der Waals surface area contributed by atoms with Gasteiger partial charge in [-0.25, -0.2) is 4.79 Å². The van der Waals surface area contributed by atoms with E-state index < -0.39 is 100 Å². The molecule has 8 aromatic rings. The monoisotopic (exact) mass is 1560 g/mol. The van der Waals surface area contributed by atoms with Gasteiger partial charge in [-0.05, 0) is 144 Å². The van der Waals surface area contributed by atoms with Crippen LogP contribution in [0, 0.1) is 10.1 Å². The van der Waals surface area contributed by atoms with E-state index in [9.17, 15) is 24.8 Å². The van der Waals surface area contributed by atoms with Gasteiger partial charge in [-0.15, -0.1) is 0 Å². The van der Waals surface area contributed by atoms with Crippen molar-refractivity contribution in [3.05, 3.63) is 205 Å². The summed E-state index contributed by atoms with van der Waals surface area (Å²) >= 11 is 7.12. The standard InChI is InChI=1S/C80H85ClN8O23/c1-80(2,3)112-79(96)84-56(39-107-38-42-14-12-11-13-15-42)44-17-23-62(103-8)63(32-44)109-51-29-47(28-49(35-51)100-5)69-76(93)87-70-48-33-65(73(105-10)66(34-48)111-61-20-16-43(27-58(61)89(97)98)26-55(82)74(91)85-69)110-60-22-19-46(31-54(60)81)72(90)71-78(95)83-57(40-108-41-106-25-24-99-4)52-36-50(101-6)37-64(104-9)67(52)53-30-45(18-21-59(53)102-7)68(75(92)88-71)86-77(70)94/h11-23,27-37,55-57,68-72,90H,24-26,38-41,82H2,1-10H3,(H,83,95)(H,84,96)(H,85,91)(H,86,94)(H,87,93)(H,88,92)/t55-,56+,57-,68-,69+,70-,71+,72-/m1/s1. The predicted octanol–water partition coefficient (Wildman–Crippen LogP) is 10.2. The highest BCUT2D eigenvalue weighted by atomic mass is 35.5. The molecule has 0 radical (unpaired) electrons. The number of carbonyl (C=O) groups is 6. The molecule has 5 heterocycles. The van der Waals surface area contributed by atoms with Crippen molar-refractivity contribution in [1.82, 2.24) is 31.9 Å². The number of aliphatic hydroxyl groups is 1. The number of nitro groups is 1. The molecule has 6 amide bonds. The molecule has 0 aromatic heterocycles. The Morgan fingerprint density at radius 2 is 1.24 bits per heavy atom. The number of amides is 6. The number of hydrogen-bond donors (Lipinski definition) is 8. The maximum Gasteiger partial charge on any atom is 0.408 e. The number of nitro benzene ring substituents is 1. The molecule has 0 fully saturated rings. The average molecular weight is 1560 g/mol. The first-order chi connectivity index (χ1) is 53.8. The number of nitrogens with one attached hydrogen (secondary N) is 6. The summed E-state index contributed by atoms with van der Waals surface area (Å²) in [6.45, 7) is 5.14. The quantitative estimate of drug-likeness (QED) is 0.0128. The molecule has 590 valence electrons. The van der Waals surface area contributed by atoms with Crippen LogP contribution in [0.3, 0.4) is 0 Å². The number of rotatable bonds is 23. The van der Waals surface area contributed by atoms with Gasteiger partial charge in [0.15, 0.2) is 23.0 Å². The lowest BCUT2D eigenvalue weighted by atomic mass is 9.89. The fraction of sp³-hybridized carbons (Fsp3) is 0.325. The number of alkyl carbamates (subject to hydrolysis) is 1. The zero-order chi connectivity index (χ0) is 80.1. The largest absolute Gasteiger partial charge is 0.497 e. The maximum atomic E-state index is 16.4.